The highest BCUT2D eigenvalue weighted by Crippen LogP contribution is 2.23. The number of hydrogen-bond acceptors (Lipinski definition) is 6. The SMILES string of the molecule is CCCCCCCCCCO[C@H]1[C@H](O)[C@@H](CO)O[C@H](O)[C@@H]1NC(C)=O. The van der Waals surface area contributed by atoms with Gasteiger partial charge in [-0.05, 0) is 6.42 Å². The summed E-state index contributed by atoms with van der Waals surface area (Å²) in [5, 5.41) is 32.1. The molecule has 4 N–H and O–H groups in total. The van der Waals surface area contributed by atoms with E-state index in [2.05, 4.69) is 12.2 Å². The van der Waals surface area contributed by atoms with Gasteiger partial charge in [-0.25, -0.2) is 0 Å². The van der Waals surface area contributed by atoms with Crippen molar-refractivity contribution in [2.24, 2.45) is 0 Å². The van der Waals surface area contributed by atoms with Crippen LogP contribution in [0.1, 0.15) is 65.2 Å². The molecule has 1 fully saturated rings. The number of amides is 1. The molecule has 0 saturated carbocycles. The van der Waals surface area contributed by atoms with E-state index >= 15 is 0 Å². The number of unbranched alkanes of at least 4 members (excludes halogenated alkanes) is 7. The molecule has 25 heavy (non-hydrogen) atoms. The largest absolute Gasteiger partial charge is 0.394 e. The summed E-state index contributed by atoms with van der Waals surface area (Å²) in [4.78, 5) is 11.3. The quantitative estimate of drug-likeness (QED) is 0.388. The van der Waals surface area contributed by atoms with Gasteiger partial charge in [-0.3, -0.25) is 4.79 Å². The second-order valence-electron chi connectivity index (χ2n) is 6.77. The zero-order chi connectivity index (χ0) is 18.7. The Morgan fingerprint density at radius 1 is 1.08 bits per heavy atom. The first-order valence-electron chi connectivity index (χ1n) is 9.52. The minimum absolute atomic E-state index is 0.344. The molecule has 0 aromatic rings. The van der Waals surface area contributed by atoms with Gasteiger partial charge in [0.1, 0.15) is 24.4 Å². The molecule has 1 rings (SSSR count). The third kappa shape index (κ3) is 8.00. The van der Waals surface area contributed by atoms with Crippen LogP contribution in [0.3, 0.4) is 0 Å². The van der Waals surface area contributed by atoms with E-state index in [0.717, 1.165) is 19.3 Å². The van der Waals surface area contributed by atoms with Crippen molar-refractivity contribution in [2.75, 3.05) is 13.2 Å². The van der Waals surface area contributed by atoms with Gasteiger partial charge in [0.15, 0.2) is 6.29 Å². The molecule has 7 nitrogen and oxygen atoms in total. The fraction of sp³-hybridized carbons (Fsp3) is 0.944. The van der Waals surface area contributed by atoms with Crippen molar-refractivity contribution >= 4 is 5.91 Å². The highest BCUT2D eigenvalue weighted by atomic mass is 16.6. The summed E-state index contributed by atoms with van der Waals surface area (Å²) in [5.74, 6) is -0.344. The average molecular weight is 361 g/mol. The van der Waals surface area contributed by atoms with Crippen LogP contribution >= 0.6 is 0 Å². The van der Waals surface area contributed by atoms with Gasteiger partial charge in [-0.1, -0.05) is 51.9 Å². The van der Waals surface area contributed by atoms with Crippen molar-refractivity contribution in [2.45, 2.75) is 95.9 Å². The predicted molar refractivity (Wildman–Crippen MR) is 93.9 cm³/mol. The minimum atomic E-state index is -1.33. The van der Waals surface area contributed by atoms with E-state index in [9.17, 15) is 20.1 Å². The van der Waals surface area contributed by atoms with Crippen LogP contribution in [0.15, 0.2) is 0 Å². The molecule has 0 aliphatic carbocycles. The Balaban J connectivity index is 2.36. The molecule has 148 valence electrons. The number of aliphatic hydroxyl groups excluding tert-OH is 3. The van der Waals surface area contributed by atoms with Crippen LogP contribution in [0.25, 0.3) is 0 Å². The highest BCUT2D eigenvalue weighted by molar-refractivity contribution is 5.73. The van der Waals surface area contributed by atoms with Gasteiger partial charge in [0, 0.05) is 13.5 Å². The Labute approximate surface area is 150 Å². The van der Waals surface area contributed by atoms with Crippen LogP contribution in [0, 0.1) is 0 Å². The normalized spacial score (nSPS) is 29.6. The van der Waals surface area contributed by atoms with Gasteiger partial charge in [-0.15, -0.1) is 0 Å². The summed E-state index contributed by atoms with van der Waals surface area (Å²) < 4.78 is 10.9. The molecule has 0 bridgehead atoms. The molecule has 1 aliphatic rings. The summed E-state index contributed by atoms with van der Waals surface area (Å²) in [6, 6.07) is -0.857. The van der Waals surface area contributed by atoms with Crippen LogP contribution in [0.4, 0.5) is 0 Å². The molecule has 0 aromatic carbocycles. The topological polar surface area (TPSA) is 108 Å². The van der Waals surface area contributed by atoms with E-state index in [-0.39, 0.29) is 5.91 Å². The highest BCUT2D eigenvalue weighted by Gasteiger charge is 2.45. The predicted octanol–water partition coefficient (Wildman–Crippen LogP) is 1.09. The molecular formula is C18H35NO6. The molecule has 0 radical (unpaired) electrons. The maximum absolute atomic E-state index is 11.3. The lowest BCUT2D eigenvalue weighted by Gasteiger charge is -2.42. The molecule has 0 unspecified atom stereocenters. The Morgan fingerprint density at radius 2 is 1.68 bits per heavy atom. The summed E-state index contributed by atoms with van der Waals surface area (Å²) in [7, 11) is 0. The number of carbonyl (C=O) groups excluding carboxylic acids is 1. The summed E-state index contributed by atoms with van der Waals surface area (Å²) in [6.45, 7) is 3.53. The van der Waals surface area contributed by atoms with Crippen molar-refractivity contribution in [3.05, 3.63) is 0 Å². The van der Waals surface area contributed by atoms with E-state index in [4.69, 9.17) is 9.47 Å². The lowest BCUT2D eigenvalue weighted by molar-refractivity contribution is -0.262. The fourth-order valence-electron chi connectivity index (χ4n) is 3.13. The Bertz CT molecular complexity index is 367. The maximum Gasteiger partial charge on any atom is 0.217 e. The van der Waals surface area contributed by atoms with Crippen molar-refractivity contribution in [3.63, 3.8) is 0 Å². The summed E-state index contributed by atoms with van der Waals surface area (Å²) in [5.41, 5.74) is 0. The number of nitrogens with one attached hydrogen (secondary N) is 1. The van der Waals surface area contributed by atoms with Gasteiger partial charge in [0.25, 0.3) is 0 Å². The van der Waals surface area contributed by atoms with Crippen molar-refractivity contribution in [1.82, 2.24) is 5.32 Å². The smallest absolute Gasteiger partial charge is 0.217 e. The summed E-state index contributed by atoms with van der Waals surface area (Å²) >= 11 is 0. The van der Waals surface area contributed by atoms with E-state index in [0.29, 0.717) is 6.61 Å². The van der Waals surface area contributed by atoms with Crippen LogP contribution in [-0.2, 0) is 14.3 Å². The second-order valence-corrected chi connectivity index (χ2v) is 6.77. The molecule has 5 atom stereocenters. The van der Waals surface area contributed by atoms with Gasteiger partial charge in [-0.2, -0.15) is 0 Å². The van der Waals surface area contributed by atoms with Crippen molar-refractivity contribution < 1.29 is 29.6 Å². The number of ether oxygens (including phenoxy) is 2. The molecule has 1 aliphatic heterocycles. The van der Waals surface area contributed by atoms with Gasteiger partial charge >= 0.3 is 0 Å². The Kier molecular flexibility index (Phi) is 11.2. The number of rotatable bonds is 12. The second kappa shape index (κ2) is 12.6. The fourth-order valence-corrected chi connectivity index (χ4v) is 3.13. The third-order valence-corrected chi connectivity index (χ3v) is 4.55. The molecule has 1 saturated heterocycles. The molecule has 1 heterocycles. The van der Waals surface area contributed by atoms with Gasteiger partial charge in [0.2, 0.25) is 5.91 Å². The monoisotopic (exact) mass is 361 g/mol. The molecule has 7 heteroatoms. The molecule has 0 aromatic heterocycles. The molecule has 0 spiro atoms. The molecular weight excluding hydrogens is 326 g/mol. The number of aliphatic hydroxyl groups is 3. The number of hydrogen-bond donors (Lipinski definition) is 4. The zero-order valence-electron chi connectivity index (χ0n) is 15.5. The first-order chi connectivity index (χ1) is 12.0. The first-order valence-corrected chi connectivity index (χ1v) is 9.52. The average Bonchev–Trinajstić information content (AvgIpc) is 2.58. The minimum Gasteiger partial charge on any atom is -0.394 e. The van der Waals surface area contributed by atoms with Crippen molar-refractivity contribution in [1.29, 1.82) is 0 Å². The third-order valence-electron chi connectivity index (χ3n) is 4.55. The Hall–Kier alpha value is -0.730. The van der Waals surface area contributed by atoms with Crippen molar-refractivity contribution in [3.8, 4) is 0 Å². The van der Waals surface area contributed by atoms with E-state index < -0.39 is 37.3 Å². The van der Waals surface area contributed by atoms with E-state index in [1.165, 1.54) is 39.0 Å². The standard InChI is InChI=1S/C18H35NO6/c1-3-4-5-6-7-8-9-10-11-24-17-15(19-13(2)21)18(23)25-14(12-20)16(17)22/h14-18,20,22-23H,3-12H2,1-2H3,(H,19,21)/t14-,15-,16-,17-,18+/m1/s1. The van der Waals surface area contributed by atoms with Gasteiger partial charge in [0.05, 0.1) is 6.61 Å². The van der Waals surface area contributed by atoms with Crippen LogP contribution in [0.5, 0.6) is 0 Å². The van der Waals surface area contributed by atoms with Gasteiger partial charge < -0.3 is 30.1 Å². The lowest BCUT2D eigenvalue weighted by atomic mass is 9.96. The van der Waals surface area contributed by atoms with E-state index in [1.54, 1.807) is 0 Å². The first kappa shape index (κ1) is 22.3. The number of carbonyl (C=O) groups is 1. The summed E-state index contributed by atoms with van der Waals surface area (Å²) in [6.07, 6.45) is 5.20. The van der Waals surface area contributed by atoms with Crippen LogP contribution < -0.4 is 5.32 Å². The maximum atomic E-state index is 11.3. The van der Waals surface area contributed by atoms with E-state index in [1.807, 2.05) is 0 Å². The van der Waals surface area contributed by atoms with Crippen LogP contribution in [0.2, 0.25) is 0 Å². The molecule has 1 amide bonds. The lowest BCUT2D eigenvalue weighted by Crippen LogP contribution is -2.64. The zero-order valence-corrected chi connectivity index (χ0v) is 15.5. The Morgan fingerprint density at radius 3 is 2.24 bits per heavy atom. The van der Waals surface area contributed by atoms with Crippen LogP contribution in [-0.4, -0.2) is 65.1 Å².